The fraction of sp³-hybridized carbons (Fsp3) is 0.650. The lowest BCUT2D eigenvalue weighted by atomic mass is 9.84. The van der Waals surface area contributed by atoms with Crippen molar-refractivity contribution in [1.29, 1.82) is 0 Å². The third-order valence-corrected chi connectivity index (χ3v) is 4.68. The number of nitrogens with one attached hydrogen (secondary N) is 2. The first-order valence-corrected chi connectivity index (χ1v) is 9.37. The molecule has 1 aliphatic rings. The van der Waals surface area contributed by atoms with Crippen LogP contribution in [0.1, 0.15) is 32.3 Å². The highest BCUT2D eigenvalue weighted by Gasteiger charge is 2.21. The van der Waals surface area contributed by atoms with Gasteiger partial charge in [-0.1, -0.05) is 26.0 Å². The molecular formula is C20H33FIN3O2. The van der Waals surface area contributed by atoms with Crippen LogP contribution in [-0.4, -0.2) is 52.5 Å². The maximum atomic E-state index is 13.1. The molecule has 0 aromatic heterocycles. The summed E-state index contributed by atoms with van der Waals surface area (Å²) in [6.07, 6.45) is 2.04. The largest absolute Gasteiger partial charge is 0.381 e. The molecule has 1 fully saturated rings. The highest BCUT2D eigenvalue weighted by molar-refractivity contribution is 14.0. The Morgan fingerprint density at radius 2 is 2.04 bits per heavy atom. The molecule has 2 rings (SSSR count). The van der Waals surface area contributed by atoms with E-state index < -0.39 is 0 Å². The summed E-state index contributed by atoms with van der Waals surface area (Å²) < 4.78 is 24.1. The van der Waals surface area contributed by atoms with Crippen molar-refractivity contribution in [2.24, 2.45) is 10.9 Å². The summed E-state index contributed by atoms with van der Waals surface area (Å²) >= 11 is 0. The lowest BCUT2D eigenvalue weighted by molar-refractivity contribution is 0.0888. The van der Waals surface area contributed by atoms with Gasteiger partial charge in [0.25, 0.3) is 0 Å². The SMILES string of the molecule is CN=C(NCCCOCC1CCOC1)NCC(C)(C)c1ccc(F)cc1.I. The first-order valence-electron chi connectivity index (χ1n) is 9.37. The molecule has 0 bridgehead atoms. The van der Waals surface area contributed by atoms with Crippen molar-refractivity contribution in [2.45, 2.75) is 32.1 Å². The third kappa shape index (κ3) is 8.74. The second-order valence-electron chi connectivity index (χ2n) is 7.40. The van der Waals surface area contributed by atoms with Gasteiger partial charge in [-0.25, -0.2) is 4.39 Å². The van der Waals surface area contributed by atoms with E-state index in [4.69, 9.17) is 9.47 Å². The predicted molar refractivity (Wildman–Crippen MR) is 119 cm³/mol. The second-order valence-corrected chi connectivity index (χ2v) is 7.40. The molecule has 0 spiro atoms. The van der Waals surface area contributed by atoms with Crippen LogP contribution < -0.4 is 10.6 Å². The highest BCUT2D eigenvalue weighted by atomic mass is 127. The van der Waals surface area contributed by atoms with E-state index in [1.807, 2.05) is 12.1 Å². The Kier molecular flexibility index (Phi) is 11.2. The Morgan fingerprint density at radius 1 is 1.30 bits per heavy atom. The molecule has 1 saturated heterocycles. The highest BCUT2D eigenvalue weighted by Crippen LogP contribution is 2.22. The van der Waals surface area contributed by atoms with Crippen LogP contribution in [0.5, 0.6) is 0 Å². The fourth-order valence-electron chi connectivity index (χ4n) is 2.87. The molecule has 1 heterocycles. The van der Waals surface area contributed by atoms with Gasteiger partial charge in [0.05, 0.1) is 13.2 Å². The maximum absolute atomic E-state index is 13.1. The van der Waals surface area contributed by atoms with Crippen LogP contribution in [0.4, 0.5) is 4.39 Å². The predicted octanol–water partition coefficient (Wildman–Crippen LogP) is 3.33. The van der Waals surface area contributed by atoms with E-state index in [2.05, 4.69) is 29.5 Å². The molecule has 1 aromatic carbocycles. The van der Waals surface area contributed by atoms with Crippen molar-refractivity contribution in [2.75, 3.05) is 46.6 Å². The summed E-state index contributed by atoms with van der Waals surface area (Å²) in [7, 11) is 1.76. The average molecular weight is 493 g/mol. The lowest BCUT2D eigenvalue weighted by Gasteiger charge is -2.26. The van der Waals surface area contributed by atoms with E-state index in [9.17, 15) is 4.39 Å². The van der Waals surface area contributed by atoms with Gasteiger partial charge in [0.2, 0.25) is 0 Å². The van der Waals surface area contributed by atoms with Crippen molar-refractivity contribution in [3.8, 4) is 0 Å². The molecule has 0 amide bonds. The van der Waals surface area contributed by atoms with E-state index in [1.165, 1.54) is 12.1 Å². The van der Waals surface area contributed by atoms with Crippen LogP contribution >= 0.6 is 24.0 Å². The van der Waals surface area contributed by atoms with E-state index in [1.54, 1.807) is 7.05 Å². The number of hydrogen-bond acceptors (Lipinski definition) is 3. The summed E-state index contributed by atoms with van der Waals surface area (Å²) in [5.41, 5.74) is 0.962. The molecule has 2 N–H and O–H groups in total. The third-order valence-electron chi connectivity index (χ3n) is 4.68. The van der Waals surface area contributed by atoms with Gasteiger partial charge in [-0.15, -0.1) is 24.0 Å². The minimum Gasteiger partial charge on any atom is -0.381 e. The second kappa shape index (κ2) is 12.5. The van der Waals surface area contributed by atoms with Gasteiger partial charge in [0, 0.05) is 44.7 Å². The van der Waals surface area contributed by atoms with Gasteiger partial charge in [-0.2, -0.15) is 0 Å². The summed E-state index contributed by atoms with van der Waals surface area (Å²) in [6, 6.07) is 6.67. The zero-order valence-electron chi connectivity index (χ0n) is 16.6. The Balaban J connectivity index is 0.00000364. The van der Waals surface area contributed by atoms with Crippen LogP contribution in [0.2, 0.25) is 0 Å². The Labute approximate surface area is 179 Å². The van der Waals surface area contributed by atoms with Crippen LogP contribution in [-0.2, 0) is 14.9 Å². The van der Waals surface area contributed by atoms with Gasteiger partial charge in [-0.3, -0.25) is 4.99 Å². The molecule has 0 radical (unpaired) electrons. The maximum Gasteiger partial charge on any atom is 0.191 e. The van der Waals surface area contributed by atoms with Crippen molar-refractivity contribution >= 4 is 29.9 Å². The summed E-state index contributed by atoms with van der Waals surface area (Å²) in [6.45, 7) is 8.99. The molecule has 154 valence electrons. The number of nitrogens with zero attached hydrogens (tertiary/aromatic N) is 1. The zero-order chi connectivity index (χ0) is 18.8. The van der Waals surface area contributed by atoms with Crippen molar-refractivity contribution in [1.82, 2.24) is 10.6 Å². The number of rotatable bonds is 9. The molecule has 1 aromatic rings. The molecule has 7 heteroatoms. The van der Waals surface area contributed by atoms with Crippen molar-refractivity contribution in [3.63, 3.8) is 0 Å². The molecule has 27 heavy (non-hydrogen) atoms. The summed E-state index contributed by atoms with van der Waals surface area (Å²) in [5, 5.41) is 6.65. The first-order chi connectivity index (χ1) is 12.5. The van der Waals surface area contributed by atoms with Crippen LogP contribution in [0.3, 0.4) is 0 Å². The van der Waals surface area contributed by atoms with E-state index in [0.29, 0.717) is 12.5 Å². The smallest absolute Gasteiger partial charge is 0.191 e. The van der Waals surface area contributed by atoms with Gasteiger partial charge in [-0.05, 0) is 30.5 Å². The number of hydrogen-bond donors (Lipinski definition) is 2. The van der Waals surface area contributed by atoms with Crippen LogP contribution in [0, 0.1) is 11.7 Å². The van der Waals surface area contributed by atoms with Gasteiger partial charge >= 0.3 is 0 Å². The molecule has 0 aliphatic carbocycles. The summed E-state index contributed by atoms with van der Waals surface area (Å²) in [4.78, 5) is 4.26. The topological polar surface area (TPSA) is 54.9 Å². The van der Waals surface area contributed by atoms with Gasteiger partial charge in [0.15, 0.2) is 5.96 Å². The molecule has 1 unspecified atom stereocenters. The minimum absolute atomic E-state index is 0. The van der Waals surface area contributed by atoms with Crippen LogP contribution in [0.15, 0.2) is 29.3 Å². The Morgan fingerprint density at radius 3 is 2.67 bits per heavy atom. The average Bonchev–Trinajstić information content (AvgIpc) is 3.14. The zero-order valence-corrected chi connectivity index (χ0v) is 18.9. The first kappa shape index (κ1) is 24.1. The number of ether oxygens (including phenoxy) is 2. The molecule has 5 nitrogen and oxygen atoms in total. The molecule has 1 aliphatic heterocycles. The number of benzene rings is 1. The van der Waals surface area contributed by atoms with E-state index in [0.717, 1.165) is 57.3 Å². The van der Waals surface area contributed by atoms with Gasteiger partial charge in [0.1, 0.15) is 5.82 Å². The standard InChI is InChI=1S/C20H32FN3O2.HI/c1-20(2,17-5-7-18(21)8-6-17)15-24-19(22-3)23-10-4-11-25-13-16-9-12-26-14-16;/h5-8,16H,4,9-15H2,1-3H3,(H2,22,23,24);1H. The van der Waals surface area contributed by atoms with Crippen LogP contribution in [0.25, 0.3) is 0 Å². The van der Waals surface area contributed by atoms with E-state index >= 15 is 0 Å². The normalized spacial score (nSPS) is 17.5. The monoisotopic (exact) mass is 493 g/mol. The van der Waals surface area contributed by atoms with Crippen molar-refractivity contribution in [3.05, 3.63) is 35.6 Å². The summed E-state index contributed by atoms with van der Waals surface area (Å²) in [5.74, 6) is 1.12. The number of halogens is 2. The fourth-order valence-corrected chi connectivity index (χ4v) is 2.87. The Bertz CT molecular complexity index is 561. The lowest BCUT2D eigenvalue weighted by Crippen LogP contribution is -2.43. The van der Waals surface area contributed by atoms with Crippen molar-refractivity contribution < 1.29 is 13.9 Å². The molecule has 0 saturated carbocycles. The Hall–Kier alpha value is -0.930. The van der Waals surface area contributed by atoms with E-state index in [-0.39, 0.29) is 35.2 Å². The molecule has 1 atom stereocenters. The quantitative estimate of drug-likeness (QED) is 0.240. The number of aliphatic imine (C=N–C) groups is 1. The minimum atomic E-state index is -0.210. The van der Waals surface area contributed by atoms with Gasteiger partial charge < -0.3 is 20.1 Å². The number of guanidine groups is 1. The molecular weight excluding hydrogens is 460 g/mol.